The van der Waals surface area contributed by atoms with Gasteiger partial charge in [-0.15, -0.1) is 0 Å². The van der Waals surface area contributed by atoms with E-state index < -0.39 is 0 Å². The normalized spacial score (nSPS) is 12.2. The molecular weight excluding hydrogens is 338 g/mol. The van der Waals surface area contributed by atoms with Crippen molar-refractivity contribution in [2.24, 2.45) is 4.99 Å². The number of aromatic nitrogens is 3. The van der Waals surface area contributed by atoms with Gasteiger partial charge in [0.05, 0.1) is 18.0 Å². The van der Waals surface area contributed by atoms with Crippen LogP contribution in [0.4, 0.5) is 11.6 Å². The van der Waals surface area contributed by atoms with Crippen LogP contribution in [0.3, 0.4) is 0 Å². The largest absolute Gasteiger partial charge is 0.384 e. The van der Waals surface area contributed by atoms with Crippen molar-refractivity contribution in [1.82, 2.24) is 15.0 Å². The smallest absolute Gasteiger partial charge is 0.227 e. The number of H-pyrrole nitrogens is 1. The van der Waals surface area contributed by atoms with Crippen LogP contribution in [-0.2, 0) is 11.2 Å². The zero-order valence-electron chi connectivity index (χ0n) is 16.0. The van der Waals surface area contributed by atoms with Gasteiger partial charge in [0.2, 0.25) is 5.95 Å². The highest BCUT2D eigenvalue weighted by atomic mass is 16.5. The van der Waals surface area contributed by atoms with Crippen molar-refractivity contribution in [3.8, 4) is 0 Å². The van der Waals surface area contributed by atoms with E-state index in [1.165, 1.54) is 0 Å². The second-order valence-corrected chi connectivity index (χ2v) is 6.11. The molecule has 0 saturated carbocycles. The topological polar surface area (TPSA) is 75.2 Å². The first-order valence-electron chi connectivity index (χ1n) is 9.13. The van der Waals surface area contributed by atoms with E-state index in [9.17, 15) is 0 Å². The predicted octanol–water partition coefficient (Wildman–Crippen LogP) is 4.73. The summed E-state index contributed by atoms with van der Waals surface area (Å²) < 4.78 is 5.15. The Hall–Kier alpha value is -2.99. The van der Waals surface area contributed by atoms with E-state index in [1.54, 1.807) is 19.5 Å². The summed E-state index contributed by atoms with van der Waals surface area (Å²) in [6.07, 6.45) is 7.34. The highest BCUT2D eigenvalue weighted by Crippen LogP contribution is 2.23. The molecule has 0 bridgehead atoms. The van der Waals surface area contributed by atoms with E-state index in [2.05, 4.69) is 56.5 Å². The van der Waals surface area contributed by atoms with Gasteiger partial charge in [-0.1, -0.05) is 13.0 Å². The second-order valence-electron chi connectivity index (χ2n) is 6.11. The molecule has 3 rings (SSSR count). The predicted molar refractivity (Wildman–Crippen MR) is 112 cm³/mol. The number of benzene rings is 1. The third-order valence-electron chi connectivity index (χ3n) is 4.09. The minimum absolute atomic E-state index is 0.551. The lowest BCUT2D eigenvalue weighted by atomic mass is 10.2. The molecule has 0 saturated heterocycles. The van der Waals surface area contributed by atoms with Gasteiger partial charge in [0.1, 0.15) is 0 Å². The van der Waals surface area contributed by atoms with Crippen LogP contribution in [0.1, 0.15) is 31.7 Å². The molecule has 27 heavy (non-hydrogen) atoms. The Morgan fingerprint density at radius 3 is 2.96 bits per heavy atom. The maximum absolute atomic E-state index is 5.15. The Morgan fingerprint density at radius 2 is 2.19 bits per heavy atom. The number of hydrogen-bond donors (Lipinski definition) is 2. The highest BCUT2D eigenvalue weighted by molar-refractivity contribution is 5.84. The van der Waals surface area contributed by atoms with Crippen molar-refractivity contribution in [3.63, 3.8) is 0 Å². The molecule has 0 aliphatic heterocycles. The van der Waals surface area contributed by atoms with Gasteiger partial charge in [-0.05, 0) is 43.7 Å². The van der Waals surface area contributed by atoms with Crippen LogP contribution < -0.4 is 5.32 Å². The molecule has 140 valence electrons. The van der Waals surface area contributed by atoms with Gasteiger partial charge in [0.15, 0.2) is 0 Å². The molecule has 1 aromatic carbocycles. The van der Waals surface area contributed by atoms with Crippen LogP contribution in [0, 0.1) is 0 Å². The summed E-state index contributed by atoms with van der Waals surface area (Å²) in [5.74, 6) is 0.551. The molecule has 0 radical (unpaired) electrons. The van der Waals surface area contributed by atoms with Crippen LogP contribution in [0.5, 0.6) is 0 Å². The molecule has 3 aromatic rings. The average molecular weight is 363 g/mol. The molecule has 0 atom stereocenters. The molecule has 0 amide bonds. The van der Waals surface area contributed by atoms with E-state index in [1.807, 2.05) is 19.1 Å². The highest BCUT2D eigenvalue weighted by Gasteiger charge is 2.06. The van der Waals surface area contributed by atoms with Crippen LogP contribution in [0.25, 0.3) is 16.6 Å². The fourth-order valence-electron chi connectivity index (χ4n) is 2.86. The van der Waals surface area contributed by atoms with Crippen molar-refractivity contribution in [1.29, 1.82) is 0 Å². The molecule has 0 spiro atoms. The number of nitrogens with zero attached hydrogens (tertiary/aromatic N) is 3. The van der Waals surface area contributed by atoms with E-state index >= 15 is 0 Å². The molecular formula is C21H25N5O. The first-order valence-corrected chi connectivity index (χ1v) is 9.13. The third-order valence-corrected chi connectivity index (χ3v) is 4.09. The standard InChI is InChI=1S/C21H25N5O/c1-4-6-19(22-5-2)20-9-11-23-21(26-20)25-16-7-8-18-15(13-16)14-17(24-18)10-12-27-3/h5-9,11,13-14,24H,4,10,12H2,1-3H3,(H,23,25,26)/b19-6-,22-5?. The summed E-state index contributed by atoms with van der Waals surface area (Å²) in [5.41, 5.74) is 4.86. The molecule has 6 heteroatoms. The van der Waals surface area contributed by atoms with E-state index in [0.717, 1.165) is 46.5 Å². The molecule has 0 unspecified atom stereocenters. The van der Waals surface area contributed by atoms with Gasteiger partial charge in [-0.3, -0.25) is 4.99 Å². The summed E-state index contributed by atoms with van der Waals surface area (Å²) in [6.45, 7) is 4.68. The minimum atomic E-state index is 0.551. The van der Waals surface area contributed by atoms with Crippen molar-refractivity contribution >= 4 is 34.5 Å². The molecule has 0 fully saturated rings. The Labute approximate surface area is 159 Å². The lowest BCUT2D eigenvalue weighted by Crippen LogP contribution is -1.99. The Balaban J connectivity index is 1.82. The lowest BCUT2D eigenvalue weighted by Gasteiger charge is -2.07. The number of allylic oxidation sites excluding steroid dienone is 1. The van der Waals surface area contributed by atoms with E-state index in [0.29, 0.717) is 12.6 Å². The van der Waals surface area contributed by atoms with Gasteiger partial charge < -0.3 is 15.0 Å². The van der Waals surface area contributed by atoms with Crippen LogP contribution in [0.15, 0.2) is 47.6 Å². The fourth-order valence-corrected chi connectivity index (χ4v) is 2.86. The number of aliphatic imine (C=N–C) groups is 1. The number of fused-ring (bicyclic) bond motifs is 1. The summed E-state index contributed by atoms with van der Waals surface area (Å²) in [7, 11) is 1.71. The molecule has 2 heterocycles. The van der Waals surface area contributed by atoms with Crippen molar-refractivity contribution in [2.45, 2.75) is 26.7 Å². The second kappa shape index (κ2) is 9.09. The summed E-state index contributed by atoms with van der Waals surface area (Å²) >= 11 is 0. The van der Waals surface area contributed by atoms with Crippen molar-refractivity contribution < 1.29 is 4.74 Å². The third kappa shape index (κ3) is 4.80. The molecule has 6 nitrogen and oxygen atoms in total. The SMILES string of the molecule is CC=N/C(=C\CC)c1ccnc(Nc2ccc3[nH]c(CCOC)cc3c2)n1. The number of nitrogens with one attached hydrogen (secondary N) is 2. The molecule has 0 aliphatic carbocycles. The Morgan fingerprint density at radius 1 is 1.30 bits per heavy atom. The maximum atomic E-state index is 5.15. The monoisotopic (exact) mass is 363 g/mol. The zero-order valence-corrected chi connectivity index (χ0v) is 16.0. The van der Waals surface area contributed by atoms with Crippen LogP contribution in [-0.4, -0.2) is 34.9 Å². The zero-order chi connectivity index (χ0) is 19.1. The summed E-state index contributed by atoms with van der Waals surface area (Å²) in [6, 6.07) is 10.2. The first-order chi connectivity index (χ1) is 13.2. The summed E-state index contributed by atoms with van der Waals surface area (Å²) in [5, 5.41) is 4.43. The summed E-state index contributed by atoms with van der Waals surface area (Å²) in [4.78, 5) is 16.8. The van der Waals surface area contributed by atoms with Gasteiger partial charge in [0.25, 0.3) is 0 Å². The number of aromatic amines is 1. The van der Waals surface area contributed by atoms with Gasteiger partial charge in [-0.2, -0.15) is 0 Å². The molecule has 2 aromatic heterocycles. The number of methoxy groups -OCH3 is 1. The minimum Gasteiger partial charge on any atom is -0.384 e. The number of rotatable bonds is 8. The lowest BCUT2D eigenvalue weighted by molar-refractivity contribution is 0.201. The average Bonchev–Trinajstić information content (AvgIpc) is 3.08. The van der Waals surface area contributed by atoms with Gasteiger partial charge in [0, 0.05) is 48.2 Å². The quantitative estimate of drug-likeness (QED) is 0.567. The van der Waals surface area contributed by atoms with Gasteiger partial charge in [-0.25, -0.2) is 9.97 Å². The maximum Gasteiger partial charge on any atom is 0.227 e. The number of ether oxygens (including phenoxy) is 1. The fraction of sp³-hybridized carbons (Fsp3) is 0.286. The van der Waals surface area contributed by atoms with Crippen LogP contribution in [0.2, 0.25) is 0 Å². The van der Waals surface area contributed by atoms with E-state index in [4.69, 9.17) is 4.74 Å². The molecule has 0 aliphatic rings. The first kappa shape index (κ1) is 18.8. The van der Waals surface area contributed by atoms with Crippen molar-refractivity contribution in [3.05, 3.63) is 54.0 Å². The Bertz CT molecular complexity index is 958. The number of hydrogen-bond acceptors (Lipinski definition) is 5. The van der Waals surface area contributed by atoms with Crippen molar-refractivity contribution in [2.75, 3.05) is 19.0 Å². The molecule has 2 N–H and O–H groups in total. The van der Waals surface area contributed by atoms with E-state index in [-0.39, 0.29) is 0 Å². The van der Waals surface area contributed by atoms with Crippen LogP contribution >= 0.6 is 0 Å². The van der Waals surface area contributed by atoms with Gasteiger partial charge >= 0.3 is 0 Å². The Kier molecular flexibility index (Phi) is 6.33. The number of anilines is 2.